The topological polar surface area (TPSA) is 52.6 Å². The fraction of sp³-hybridized carbons (Fsp3) is 0.478. The largest absolute Gasteiger partial charge is 0.493 e. The Morgan fingerprint density at radius 1 is 1.11 bits per heavy atom. The van der Waals surface area contributed by atoms with Crippen molar-refractivity contribution in [2.45, 2.75) is 38.4 Å². The van der Waals surface area contributed by atoms with Crippen LogP contribution in [0.15, 0.2) is 48.5 Å². The highest BCUT2D eigenvalue weighted by molar-refractivity contribution is 7.91. The Morgan fingerprint density at radius 2 is 1.82 bits per heavy atom. The average molecular weight is 403 g/mol. The van der Waals surface area contributed by atoms with Crippen molar-refractivity contribution in [2.75, 3.05) is 25.6 Å². The Hall–Kier alpha value is -1.85. The molecule has 152 valence electrons. The van der Waals surface area contributed by atoms with E-state index in [0.717, 1.165) is 23.3 Å². The van der Waals surface area contributed by atoms with Gasteiger partial charge in [-0.3, -0.25) is 0 Å². The molecule has 1 aliphatic heterocycles. The molecule has 4 nitrogen and oxygen atoms in total. The smallest absolute Gasteiger partial charge is 0.153 e. The van der Waals surface area contributed by atoms with E-state index in [1.807, 2.05) is 25.1 Å². The molecule has 0 amide bonds. The molecule has 28 heavy (non-hydrogen) atoms. The molecule has 1 fully saturated rings. The summed E-state index contributed by atoms with van der Waals surface area (Å²) in [4.78, 5) is 0. The second kappa shape index (κ2) is 9.10. The number of hydrogen-bond donors (Lipinski definition) is 0. The van der Waals surface area contributed by atoms with Crippen LogP contribution in [-0.2, 0) is 14.6 Å². The highest BCUT2D eigenvalue weighted by atomic mass is 32.2. The number of sulfone groups is 1. The van der Waals surface area contributed by atoms with E-state index >= 15 is 0 Å². The molecule has 1 heterocycles. The first-order valence-corrected chi connectivity index (χ1v) is 11.8. The minimum Gasteiger partial charge on any atom is -0.493 e. The average Bonchev–Trinajstić information content (AvgIpc) is 2.69. The van der Waals surface area contributed by atoms with E-state index in [4.69, 9.17) is 9.47 Å². The van der Waals surface area contributed by atoms with Crippen molar-refractivity contribution in [2.24, 2.45) is 5.92 Å². The molecule has 1 saturated heterocycles. The summed E-state index contributed by atoms with van der Waals surface area (Å²) in [7, 11) is -3.10. The summed E-state index contributed by atoms with van der Waals surface area (Å²) in [5.41, 5.74) is 3.36. The molecule has 0 spiro atoms. The predicted octanol–water partition coefficient (Wildman–Crippen LogP) is 4.70. The molecule has 0 radical (unpaired) electrons. The number of benzene rings is 2. The van der Waals surface area contributed by atoms with Gasteiger partial charge < -0.3 is 9.47 Å². The number of rotatable bonds is 7. The van der Waals surface area contributed by atoms with Gasteiger partial charge in [0.15, 0.2) is 9.84 Å². The molecular formula is C23H30O4S. The van der Waals surface area contributed by atoms with Gasteiger partial charge in [-0.05, 0) is 50.3 Å². The van der Waals surface area contributed by atoms with Crippen LogP contribution < -0.4 is 4.74 Å². The van der Waals surface area contributed by atoms with Crippen LogP contribution in [0.25, 0.3) is 11.1 Å². The molecule has 5 heteroatoms. The maximum atomic E-state index is 12.4. The zero-order chi connectivity index (χ0) is 20.1. The van der Waals surface area contributed by atoms with E-state index in [-0.39, 0.29) is 22.8 Å². The van der Waals surface area contributed by atoms with E-state index < -0.39 is 9.84 Å². The maximum absolute atomic E-state index is 12.4. The lowest BCUT2D eigenvalue weighted by molar-refractivity contribution is 0.0483. The second-order valence-corrected chi connectivity index (χ2v) is 10.3. The van der Waals surface area contributed by atoms with E-state index in [1.165, 1.54) is 5.56 Å². The first kappa shape index (κ1) is 20.9. The Bertz CT molecular complexity index is 872. The van der Waals surface area contributed by atoms with Crippen molar-refractivity contribution < 1.29 is 17.9 Å². The third-order valence-electron chi connectivity index (χ3n) is 5.48. The van der Waals surface area contributed by atoms with Crippen LogP contribution in [0.4, 0.5) is 0 Å². The summed E-state index contributed by atoms with van der Waals surface area (Å²) in [6.07, 6.45) is 0.854. The molecule has 2 aromatic rings. The van der Waals surface area contributed by atoms with Gasteiger partial charge in [0, 0.05) is 18.1 Å². The second-order valence-electron chi connectivity index (χ2n) is 7.66. The molecule has 0 N–H and O–H groups in total. The number of ether oxygens (including phenoxy) is 2. The summed E-state index contributed by atoms with van der Waals surface area (Å²) in [6.45, 7) is 7.29. The van der Waals surface area contributed by atoms with Gasteiger partial charge in [0.05, 0.1) is 24.2 Å². The zero-order valence-electron chi connectivity index (χ0n) is 16.9. The van der Waals surface area contributed by atoms with Crippen LogP contribution in [-0.4, -0.2) is 39.2 Å². The number of para-hydroxylation sites is 1. The molecular weight excluding hydrogens is 372 g/mol. The van der Waals surface area contributed by atoms with Crippen molar-refractivity contribution >= 4 is 9.84 Å². The lowest BCUT2D eigenvalue weighted by Crippen LogP contribution is -2.34. The Morgan fingerprint density at radius 3 is 2.50 bits per heavy atom. The van der Waals surface area contributed by atoms with Crippen molar-refractivity contribution in [1.82, 2.24) is 0 Å². The summed E-state index contributed by atoms with van der Waals surface area (Å²) in [5.74, 6) is 1.27. The molecule has 2 aromatic carbocycles. The fourth-order valence-corrected chi connectivity index (χ4v) is 5.10. The fourth-order valence-electron chi connectivity index (χ4n) is 3.79. The zero-order valence-corrected chi connectivity index (χ0v) is 17.7. The summed E-state index contributed by atoms with van der Waals surface area (Å²) >= 11 is 0. The van der Waals surface area contributed by atoms with Crippen molar-refractivity contribution in [1.29, 1.82) is 0 Å². The van der Waals surface area contributed by atoms with E-state index in [9.17, 15) is 8.42 Å². The third kappa shape index (κ3) is 4.76. The quantitative estimate of drug-likeness (QED) is 0.674. The van der Waals surface area contributed by atoms with Gasteiger partial charge in [0.2, 0.25) is 0 Å². The molecule has 0 unspecified atom stereocenters. The lowest BCUT2D eigenvalue weighted by atomic mass is 9.83. The van der Waals surface area contributed by atoms with Crippen molar-refractivity contribution in [3.05, 3.63) is 54.1 Å². The molecule has 1 aliphatic rings. The standard InChI is InChI=1S/C23H30O4S/c1-4-27-23-8-6-5-7-22(23)19-11-9-18(10-12-19)21-13-14-26-15-20(21)16-28(24,25)17(2)3/h5-12,17,20-21H,4,13-16H2,1-3H3/t20-,21-/m0/s1. The number of hydrogen-bond acceptors (Lipinski definition) is 4. The van der Waals surface area contributed by atoms with Gasteiger partial charge in [-0.25, -0.2) is 8.42 Å². The summed E-state index contributed by atoms with van der Waals surface area (Å²) < 4.78 is 36.3. The maximum Gasteiger partial charge on any atom is 0.153 e. The Balaban J connectivity index is 1.83. The van der Waals surface area contributed by atoms with E-state index in [2.05, 4.69) is 30.3 Å². The van der Waals surface area contributed by atoms with Gasteiger partial charge in [-0.1, -0.05) is 42.5 Å². The van der Waals surface area contributed by atoms with Crippen LogP contribution in [0.3, 0.4) is 0 Å². The molecule has 0 aliphatic carbocycles. The summed E-state index contributed by atoms with van der Waals surface area (Å²) in [5, 5.41) is -0.354. The Kier molecular flexibility index (Phi) is 6.78. The van der Waals surface area contributed by atoms with Gasteiger partial charge in [-0.2, -0.15) is 0 Å². The van der Waals surface area contributed by atoms with Crippen molar-refractivity contribution in [3.63, 3.8) is 0 Å². The van der Waals surface area contributed by atoms with Crippen molar-refractivity contribution in [3.8, 4) is 16.9 Å². The van der Waals surface area contributed by atoms with Crippen LogP contribution >= 0.6 is 0 Å². The SMILES string of the molecule is CCOc1ccccc1-c1ccc([C@@H]2CCOC[C@H]2CS(=O)(=O)C(C)C)cc1. The van der Waals surface area contributed by atoms with Gasteiger partial charge in [0.1, 0.15) is 5.75 Å². The normalized spacial score (nSPS) is 20.3. The van der Waals surface area contributed by atoms with Crippen LogP contribution in [0, 0.1) is 5.92 Å². The monoisotopic (exact) mass is 402 g/mol. The van der Waals surface area contributed by atoms with Crippen LogP contribution in [0.5, 0.6) is 5.75 Å². The van der Waals surface area contributed by atoms with Crippen LogP contribution in [0.1, 0.15) is 38.7 Å². The first-order valence-electron chi connectivity index (χ1n) is 10.0. The molecule has 3 rings (SSSR count). The molecule has 2 atom stereocenters. The van der Waals surface area contributed by atoms with Crippen LogP contribution in [0.2, 0.25) is 0 Å². The first-order chi connectivity index (χ1) is 13.4. The van der Waals surface area contributed by atoms with Gasteiger partial charge in [-0.15, -0.1) is 0 Å². The lowest BCUT2D eigenvalue weighted by Gasteiger charge is -2.32. The predicted molar refractivity (Wildman–Crippen MR) is 114 cm³/mol. The van der Waals surface area contributed by atoms with E-state index in [0.29, 0.717) is 19.8 Å². The van der Waals surface area contributed by atoms with E-state index in [1.54, 1.807) is 13.8 Å². The third-order valence-corrected chi connectivity index (χ3v) is 7.80. The van der Waals surface area contributed by atoms with Gasteiger partial charge in [0.25, 0.3) is 0 Å². The molecule has 0 saturated carbocycles. The highest BCUT2D eigenvalue weighted by Gasteiger charge is 2.32. The minimum absolute atomic E-state index is 0.00251. The highest BCUT2D eigenvalue weighted by Crippen LogP contribution is 2.36. The molecule has 0 aromatic heterocycles. The van der Waals surface area contributed by atoms with Gasteiger partial charge >= 0.3 is 0 Å². The minimum atomic E-state index is -3.10. The summed E-state index contributed by atoms with van der Waals surface area (Å²) in [6, 6.07) is 16.5. The Labute approximate surface area is 168 Å². The molecule has 0 bridgehead atoms.